The minimum Gasteiger partial charge on any atom is -0.495 e. The summed E-state index contributed by atoms with van der Waals surface area (Å²) >= 11 is 0. The van der Waals surface area contributed by atoms with Crippen molar-refractivity contribution in [3.8, 4) is 5.75 Å². The van der Waals surface area contributed by atoms with Crippen molar-refractivity contribution in [2.24, 2.45) is 17.6 Å². The Labute approximate surface area is 110 Å². The van der Waals surface area contributed by atoms with Crippen LogP contribution >= 0.6 is 0 Å². The molecule has 0 radical (unpaired) electrons. The fourth-order valence-corrected chi connectivity index (χ4v) is 3.12. The molecule has 1 aliphatic rings. The highest BCUT2D eigenvalue weighted by Crippen LogP contribution is 2.39. The summed E-state index contributed by atoms with van der Waals surface area (Å²) in [6, 6.07) is 2.08. The van der Waals surface area contributed by atoms with Crippen LogP contribution in [0.15, 0.2) is 18.5 Å². The van der Waals surface area contributed by atoms with Crippen molar-refractivity contribution in [2.45, 2.75) is 45.1 Å². The van der Waals surface area contributed by atoms with Gasteiger partial charge in [0.2, 0.25) is 0 Å². The molecule has 1 aromatic rings. The van der Waals surface area contributed by atoms with Gasteiger partial charge in [-0.2, -0.15) is 0 Å². The number of aromatic nitrogens is 1. The molecule has 3 heteroatoms. The first-order chi connectivity index (χ1) is 8.76. The first kappa shape index (κ1) is 13.3. The number of methoxy groups -OCH3 is 1. The maximum Gasteiger partial charge on any atom is 0.141 e. The average Bonchev–Trinajstić information content (AvgIpc) is 2.46. The summed E-state index contributed by atoms with van der Waals surface area (Å²) < 4.78 is 5.37. The highest BCUT2D eigenvalue weighted by Gasteiger charge is 2.27. The molecule has 18 heavy (non-hydrogen) atoms. The molecule has 1 heterocycles. The lowest BCUT2D eigenvalue weighted by molar-refractivity contribution is 0.228. The van der Waals surface area contributed by atoms with E-state index >= 15 is 0 Å². The Balaban J connectivity index is 2.12. The molecule has 0 amide bonds. The Kier molecular flexibility index (Phi) is 4.59. The van der Waals surface area contributed by atoms with E-state index < -0.39 is 0 Å². The normalized spacial score (nSPS) is 25.7. The molecule has 100 valence electrons. The zero-order valence-electron chi connectivity index (χ0n) is 11.4. The summed E-state index contributed by atoms with van der Waals surface area (Å²) in [5, 5.41) is 0. The lowest BCUT2D eigenvalue weighted by Crippen LogP contribution is -2.27. The SMILES string of the molecule is CCC1CCCC(C(N)c2ccncc2OC)C1. The van der Waals surface area contributed by atoms with E-state index in [0.717, 1.165) is 17.2 Å². The molecular formula is C15H24N2O. The van der Waals surface area contributed by atoms with Crippen molar-refractivity contribution in [1.82, 2.24) is 4.98 Å². The summed E-state index contributed by atoms with van der Waals surface area (Å²) in [6.07, 6.45) is 10.0. The molecule has 0 saturated heterocycles. The molecule has 3 nitrogen and oxygen atoms in total. The van der Waals surface area contributed by atoms with Crippen LogP contribution in [-0.4, -0.2) is 12.1 Å². The van der Waals surface area contributed by atoms with Crippen molar-refractivity contribution in [2.75, 3.05) is 7.11 Å². The third-order valence-corrected chi connectivity index (χ3v) is 4.30. The average molecular weight is 248 g/mol. The van der Waals surface area contributed by atoms with Gasteiger partial charge < -0.3 is 10.5 Å². The van der Waals surface area contributed by atoms with Crippen LogP contribution in [0.3, 0.4) is 0 Å². The van der Waals surface area contributed by atoms with Crippen molar-refractivity contribution in [3.05, 3.63) is 24.0 Å². The minimum atomic E-state index is 0.0808. The largest absolute Gasteiger partial charge is 0.495 e. The van der Waals surface area contributed by atoms with Gasteiger partial charge in [0.25, 0.3) is 0 Å². The van der Waals surface area contributed by atoms with Gasteiger partial charge in [-0.05, 0) is 30.7 Å². The lowest BCUT2D eigenvalue weighted by atomic mass is 9.75. The van der Waals surface area contributed by atoms with Crippen LogP contribution in [0.2, 0.25) is 0 Å². The maximum absolute atomic E-state index is 6.46. The molecule has 3 atom stereocenters. The van der Waals surface area contributed by atoms with E-state index in [1.165, 1.54) is 32.1 Å². The molecule has 1 aliphatic carbocycles. The summed E-state index contributed by atoms with van der Waals surface area (Å²) in [6.45, 7) is 2.28. The zero-order valence-corrected chi connectivity index (χ0v) is 11.4. The first-order valence-electron chi connectivity index (χ1n) is 6.99. The van der Waals surface area contributed by atoms with Crippen LogP contribution in [0.25, 0.3) is 0 Å². The quantitative estimate of drug-likeness (QED) is 0.889. The summed E-state index contributed by atoms with van der Waals surface area (Å²) in [5.74, 6) is 2.26. The fourth-order valence-electron chi connectivity index (χ4n) is 3.12. The number of hydrogen-bond acceptors (Lipinski definition) is 3. The van der Waals surface area contributed by atoms with Crippen molar-refractivity contribution in [1.29, 1.82) is 0 Å². The molecule has 3 unspecified atom stereocenters. The van der Waals surface area contributed by atoms with E-state index in [1.54, 1.807) is 19.5 Å². The van der Waals surface area contributed by atoms with Gasteiger partial charge in [0, 0.05) is 17.8 Å². The van der Waals surface area contributed by atoms with Gasteiger partial charge in [-0.1, -0.05) is 26.2 Å². The predicted molar refractivity (Wildman–Crippen MR) is 73.5 cm³/mol. The van der Waals surface area contributed by atoms with Gasteiger partial charge >= 0.3 is 0 Å². The number of pyridine rings is 1. The van der Waals surface area contributed by atoms with Crippen LogP contribution in [0.4, 0.5) is 0 Å². The topological polar surface area (TPSA) is 48.1 Å². The third-order valence-electron chi connectivity index (χ3n) is 4.30. The standard InChI is InChI=1S/C15H24N2O/c1-3-11-5-4-6-12(9-11)15(16)13-7-8-17-10-14(13)18-2/h7-8,10-12,15H,3-6,9,16H2,1-2H3. The Bertz CT molecular complexity index is 381. The Morgan fingerprint density at radius 2 is 2.33 bits per heavy atom. The summed E-state index contributed by atoms with van der Waals surface area (Å²) in [4.78, 5) is 4.09. The molecule has 0 aromatic carbocycles. The number of hydrogen-bond donors (Lipinski definition) is 1. The Hall–Kier alpha value is -1.09. The molecule has 2 rings (SSSR count). The minimum absolute atomic E-state index is 0.0808. The predicted octanol–water partition coefficient (Wildman–Crippen LogP) is 3.31. The Morgan fingerprint density at radius 1 is 1.50 bits per heavy atom. The number of nitrogens with two attached hydrogens (primary N) is 1. The van der Waals surface area contributed by atoms with Crippen LogP contribution in [-0.2, 0) is 0 Å². The van der Waals surface area contributed by atoms with Crippen LogP contribution in [0.1, 0.15) is 50.6 Å². The number of rotatable bonds is 4. The highest BCUT2D eigenvalue weighted by atomic mass is 16.5. The van der Waals surface area contributed by atoms with Gasteiger partial charge in [0.05, 0.1) is 13.3 Å². The number of ether oxygens (including phenoxy) is 1. The lowest BCUT2D eigenvalue weighted by Gasteiger charge is -2.33. The molecular weight excluding hydrogens is 224 g/mol. The van der Waals surface area contributed by atoms with Gasteiger partial charge in [-0.25, -0.2) is 0 Å². The van der Waals surface area contributed by atoms with E-state index in [9.17, 15) is 0 Å². The third kappa shape index (κ3) is 2.83. The van der Waals surface area contributed by atoms with Crippen molar-refractivity contribution >= 4 is 0 Å². The zero-order chi connectivity index (χ0) is 13.0. The molecule has 1 aromatic heterocycles. The highest BCUT2D eigenvalue weighted by molar-refractivity contribution is 5.33. The molecule has 0 aliphatic heterocycles. The fraction of sp³-hybridized carbons (Fsp3) is 0.667. The maximum atomic E-state index is 6.46. The van der Waals surface area contributed by atoms with E-state index in [1.807, 2.05) is 6.07 Å². The summed E-state index contributed by atoms with van der Waals surface area (Å²) in [7, 11) is 1.68. The first-order valence-corrected chi connectivity index (χ1v) is 6.99. The second-order valence-electron chi connectivity index (χ2n) is 5.34. The molecule has 0 bridgehead atoms. The van der Waals surface area contributed by atoms with E-state index in [0.29, 0.717) is 5.92 Å². The van der Waals surface area contributed by atoms with E-state index in [2.05, 4.69) is 11.9 Å². The monoisotopic (exact) mass is 248 g/mol. The van der Waals surface area contributed by atoms with Crippen LogP contribution < -0.4 is 10.5 Å². The second-order valence-corrected chi connectivity index (χ2v) is 5.34. The van der Waals surface area contributed by atoms with Crippen molar-refractivity contribution < 1.29 is 4.74 Å². The molecule has 0 spiro atoms. The summed E-state index contributed by atoms with van der Waals surface area (Å²) in [5.41, 5.74) is 7.56. The van der Waals surface area contributed by atoms with Crippen LogP contribution in [0.5, 0.6) is 5.75 Å². The molecule has 2 N–H and O–H groups in total. The number of nitrogens with zero attached hydrogens (tertiary/aromatic N) is 1. The second kappa shape index (κ2) is 6.19. The van der Waals surface area contributed by atoms with Crippen molar-refractivity contribution in [3.63, 3.8) is 0 Å². The van der Waals surface area contributed by atoms with Gasteiger partial charge in [0.15, 0.2) is 0 Å². The van der Waals surface area contributed by atoms with E-state index in [-0.39, 0.29) is 6.04 Å². The van der Waals surface area contributed by atoms with E-state index in [4.69, 9.17) is 10.5 Å². The molecule has 1 fully saturated rings. The molecule has 1 saturated carbocycles. The van der Waals surface area contributed by atoms with Gasteiger partial charge in [-0.3, -0.25) is 4.98 Å². The van der Waals surface area contributed by atoms with Gasteiger partial charge in [-0.15, -0.1) is 0 Å². The van der Waals surface area contributed by atoms with Crippen LogP contribution in [0, 0.1) is 11.8 Å². The smallest absolute Gasteiger partial charge is 0.141 e. The van der Waals surface area contributed by atoms with Gasteiger partial charge in [0.1, 0.15) is 5.75 Å². The Morgan fingerprint density at radius 3 is 3.06 bits per heavy atom.